The van der Waals surface area contributed by atoms with Crippen LogP contribution in [0, 0.1) is 0 Å². The number of rotatable bonds is 6. The van der Waals surface area contributed by atoms with Gasteiger partial charge in [-0.05, 0) is 18.6 Å². The minimum absolute atomic E-state index is 0.798. The molecular weight excluding hydrogens is 250 g/mol. The average Bonchev–Trinajstić information content (AvgIpc) is 2.47. The minimum Gasteiger partial charge on any atom is -0.494 e. The Hall–Kier alpha value is -1.10. The van der Waals surface area contributed by atoms with Gasteiger partial charge >= 0.3 is 0 Å². The molecule has 110 valence electrons. The molecule has 2 heterocycles. The Kier molecular flexibility index (Phi) is 4.90. The van der Waals surface area contributed by atoms with Gasteiger partial charge in [-0.15, -0.1) is 0 Å². The van der Waals surface area contributed by atoms with Crippen molar-refractivity contribution < 1.29 is 4.74 Å². The third kappa shape index (κ3) is 3.72. The lowest BCUT2D eigenvalue weighted by atomic mass is 10.1. The summed E-state index contributed by atoms with van der Waals surface area (Å²) in [6, 6.07) is 10.9. The topological polar surface area (TPSA) is 27.7 Å². The van der Waals surface area contributed by atoms with E-state index in [4.69, 9.17) is 4.74 Å². The van der Waals surface area contributed by atoms with Gasteiger partial charge in [0.15, 0.2) is 0 Å². The molecule has 2 aliphatic heterocycles. The van der Waals surface area contributed by atoms with E-state index in [0.29, 0.717) is 0 Å². The zero-order valence-corrected chi connectivity index (χ0v) is 12.1. The van der Waals surface area contributed by atoms with Gasteiger partial charge in [0, 0.05) is 51.9 Å². The van der Waals surface area contributed by atoms with Crippen LogP contribution in [0.3, 0.4) is 0 Å². The second kappa shape index (κ2) is 7.07. The molecule has 2 saturated heterocycles. The van der Waals surface area contributed by atoms with Crippen molar-refractivity contribution in [3.05, 3.63) is 30.3 Å². The van der Waals surface area contributed by atoms with E-state index in [1.165, 1.54) is 26.2 Å². The summed E-state index contributed by atoms with van der Waals surface area (Å²) in [6.07, 6.45) is 1.11. The fraction of sp³-hybridized carbons (Fsp3) is 0.625. The monoisotopic (exact) mass is 275 g/mol. The van der Waals surface area contributed by atoms with E-state index in [9.17, 15) is 0 Å². The van der Waals surface area contributed by atoms with Crippen molar-refractivity contribution in [3.63, 3.8) is 0 Å². The van der Waals surface area contributed by atoms with Crippen molar-refractivity contribution >= 4 is 0 Å². The largest absolute Gasteiger partial charge is 0.494 e. The summed E-state index contributed by atoms with van der Waals surface area (Å²) >= 11 is 0. The van der Waals surface area contributed by atoms with Crippen LogP contribution < -0.4 is 10.1 Å². The lowest BCUT2D eigenvalue weighted by Crippen LogP contribution is -2.62. The Balaban J connectivity index is 1.26. The maximum Gasteiger partial charge on any atom is 0.119 e. The summed E-state index contributed by atoms with van der Waals surface area (Å²) in [5.74, 6) is 0.981. The summed E-state index contributed by atoms with van der Waals surface area (Å²) in [5, 5.41) is 3.41. The van der Waals surface area contributed by atoms with E-state index in [0.717, 1.165) is 44.5 Å². The molecule has 0 atom stereocenters. The molecule has 1 N–H and O–H groups in total. The lowest BCUT2D eigenvalue weighted by Gasteiger charge is -2.46. The molecule has 2 aliphatic rings. The minimum atomic E-state index is 0.798. The number of benzene rings is 1. The highest BCUT2D eigenvalue weighted by atomic mass is 16.5. The molecule has 0 amide bonds. The molecular formula is C16H25N3O. The number of hydrogen-bond acceptors (Lipinski definition) is 4. The summed E-state index contributed by atoms with van der Waals surface area (Å²) in [6.45, 7) is 9.21. The van der Waals surface area contributed by atoms with E-state index < -0.39 is 0 Å². The fourth-order valence-electron chi connectivity index (χ4n) is 3.00. The maximum atomic E-state index is 5.72. The van der Waals surface area contributed by atoms with Gasteiger partial charge in [-0.25, -0.2) is 0 Å². The third-order valence-electron chi connectivity index (χ3n) is 4.24. The van der Waals surface area contributed by atoms with Crippen molar-refractivity contribution in [1.82, 2.24) is 15.1 Å². The first-order valence-electron chi connectivity index (χ1n) is 7.77. The number of para-hydroxylation sites is 1. The Bertz CT molecular complexity index is 386. The standard InChI is InChI=1S/C16H25N3O/c1-2-5-16(6-3-1)20-12-4-9-18-13-15(14-18)19-10-7-17-8-11-19/h1-3,5-6,15,17H,4,7-14H2. The number of nitrogens with zero attached hydrogens (tertiary/aromatic N) is 2. The van der Waals surface area contributed by atoms with Crippen LogP contribution in [0.25, 0.3) is 0 Å². The van der Waals surface area contributed by atoms with Gasteiger partial charge in [0.25, 0.3) is 0 Å². The number of piperazine rings is 1. The molecule has 1 aromatic carbocycles. The fourth-order valence-corrected chi connectivity index (χ4v) is 3.00. The van der Waals surface area contributed by atoms with Crippen LogP contribution in [-0.2, 0) is 0 Å². The predicted octanol–water partition coefficient (Wildman–Crippen LogP) is 1.04. The zero-order chi connectivity index (χ0) is 13.6. The van der Waals surface area contributed by atoms with Crippen LogP contribution in [0.15, 0.2) is 30.3 Å². The van der Waals surface area contributed by atoms with Gasteiger partial charge in [-0.1, -0.05) is 18.2 Å². The average molecular weight is 275 g/mol. The number of likely N-dealkylation sites (tertiary alicyclic amines) is 1. The zero-order valence-electron chi connectivity index (χ0n) is 12.1. The van der Waals surface area contributed by atoms with E-state index in [1.807, 2.05) is 30.3 Å². The molecule has 4 nitrogen and oxygen atoms in total. The molecule has 0 aliphatic carbocycles. The SMILES string of the molecule is c1ccc(OCCCN2CC(N3CCNCC3)C2)cc1. The van der Waals surface area contributed by atoms with Crippen molar-refractivity contribution in [2.45, 2.75) is 12.5 Å². The Morgan fingerprint density at radius 3 is 2.60 bits per heavy atom. The number of ether oxygens (including phenoxy) is 1. The first-order chi connectivity index (χ1) is 9.92. The molecule has 0 radical (unpaired) electrons. The Labute approximate surface area is 121 Å². The van der Waals surface area contributed by atoms with Gasteiger partial charge in [0.2, 0.25) is 0 Å². The summed E-state index contributed by atoms with van der Waals surface area (Å²) in [5.41, 5.74) is 0. The van der Waals surface area contributed by atoms with E-state index in [2.05, 4.69) is 15.1 Å². The number of hydrogen-bond donors (Lipinski definition) is 1. The second-order valence-electron chi connectivity index (χ2n) is 5.71. The highest BCUT2D eigenvalue weighted by molar-refractivity contribution is 5.20. The quantitative estimate of drug-likeness (QED) is 0.785. The summed E-state index contributed by atoms with van der Waals surface area (Å²) in [4.78, 5) is 5.18. The first-order valence-corrected chi connectivity index (χ1v) is 7.77. The van der Waals surface area contributed by atoms with E-state index >= 15 is 0 Å². The number of nitrogens with one attached hydrogen (secondary N) is 1. The molecule has 0 spiro atoms. The summed E-state index contributed by atoms with van der Waals surface area (Å²) in [7, 11) is 0. The van der Waals surface area contributed by atoms with Crippen LogP contribution >= 0.6 is 0 Å². The van der Waals surface area contributed by atoms with Crippen molar-refractivity contribution in [2.75, 3.05) is 52.4 Å². The van der Waals surface area contributed by atoms with Crippen molar-refractivity contribution in [2.24, 2.45) is 0 Å². The van der Waals surface area contributed by atoms with Gasteiger partial charge in [-0.2, -0.15) is 0 Å². The van der Waals surface area contributed by atoms with Gasteiger partial charge in [-0.3, -0.25) is 9.80 Å². The highest BCUT2D eigenvalue weighted by Gasteiger charge is 2.31. The maximum absolute atomic E-state index is 5.72. The first kappa shape index (κ1) is 13.9. The molecule has 2 fully saturated rings. The van der Waals surface area contributed by atoms with Gasteiger partial charge in [0.1, 0.15) is 5.75 Å². The molecule has 0 unspecified atom stereocenters. The molecule has 3 rings (SSSR count). The molecule has 0 aromatic heterocycles. The van der Waals surface area contributed by atoms with Gasteiger partial charge in [0.05, 0.1) is 6.61 Å². The third-order valence-corrected chi connectivity index (χ3v) is 4.24. The van der Waals surface area contributed by atoms with Crippen LogP contribution in [0.4, 0.5) is 0 Å². The van der Waals surface area contributed by atoms with Crippen LogP contribution in [0.1, 0.15) is 6.42 Å². The Morgan fingerprint density at radius 1 is 1.10 bits per heavy atom. The second-order valence-corrected chi connectivity index (χ2v) is 5.71. The van der Waals surface area contributed by atoms with E-state index in [1.54, 1.807) is 0 Å². The molecule has 20 heavy (non-hydrogen) atoms. The normalized spacial score (nSPS) is 21.6. The van der Waals surface area contributed by atoms with Crippen LogP contribution in [-0.4, -0.2) is 68.3 Å². The molecule has 0 saturated carbocycles. The van der Waals surface area contributed by atoms with Crippen LogP contribution in [0.2, 0.25) is 0 Å². The Morgan fingerprint density at radius 2 is 1.85 bits per heavy atom. The lowest BCUT2D eigenvalue weighted by molar-refractivity contribution is 0.0248. The predicted molar refractivity (Wildman–Crippen MR) is 81.2 cm³/mol. The van der Waals surface area contributed by atoms with Crippen molar-refractivity contribution in [1.29, 1.82) is 0 Å². The molecule has 0 bridgehead atoms. The highest BCUT2D eigenvalue weighted by Crippen LogP contribution is 2.16. The molecule has 4 heteroatoms. The summed E-state index contributed by atoms with van der Waals surface area (Å²) < 4.78 is 5.72. The van der Waals surface area contributed by atoms with Gasteiger partial charge < -0.3 is 10.1 Å². The van der Waals surface area contributed by atoms with Crippen LogP contribution in [0.5, 0.6) is 5.75 Å². The van der Waals surface area contributed by atoms with E-state index in [-0.39, 0.29) is 0 Å². The molecule has 1 aromatic rings. The smallest absolute Gasteiger partial charge is 0.119 e. The van der Waals surface area contributed by atoms with Crippen molar-refractivity contribution in [3.8, 4) is 5.75 Å².